The first-order valence-corrected chi connectivity index (χ1v) is 8.95. The third-order valence-electron chi connectivity index (χ3n) is 4.93. The van der Waals surface area contributed by atoms with E-state index >= 15 is 0 Å². The summed E-state index contributed by atoms with van der Waals surface area (Å²) >= 11 is 0. The lowest BCUT2D eigenvalue weighted by molar-refractivity contribution is 0.0947. The summed E-state index contributed by atoms with van der Waals surface area (Å²) in [6, 6.07) is 12.1. The van der Waals surface area contributed by atoms with E-state index in [1.54, 1.807) is 24.0 Å². The lowest BCUT2D eigenvalue weighted by Crippen LogP contribution is -2.41. The van der Waals surface area contributed by atoms with Crippen molar-refractivity contribution in [1.29, 1.82) is 0 Å². The fourth-order valence-corrected chi connectivity index (χ4v) is 3.55. The van der Waals surface area contributed by atoms with E-state index < -0.39 is 0 Å². The van der Waals surface area contributed by atoms with Crippen molar-refractivity contribution in [3.63, 3.8) is 0 Å². The quantitative estimate of drug-likeness (QED) is 0.779. The van der Waals surface area contributed by atoms with E-state index in [1.807, 2.05) is 6.07 Å². The van der Waals surface area contributed by atoms with Crippen LogP contribution in [-0.4, -0.2) is 45.5 Å². The van der Waals surface area contributed by atoms with E-state index in [2.05, 4.69) is 49.8 Å². The Balaban J connectivity index is 1.41. The normalized spacial score (nSPS) is 17.4. The van der Waals surface area contributed by atoms with Crippen LogP contribution in [0.15, 0.2) is 42.6 Å². The SMILES string of the molecule is Cn1nnc2c(C(=O)NCC3CCCN(c4ccccc4)C3)ccnc21. The molecule has 3 heterocycles. The number of hydrogen-bond acceptors (Lipinski definition) is 5. The highest BCUT2D eigenvalue weighted by molar-refractivity contribution is 6.03. The summed E-state index contributed by atoms with van der Waals surface area (Å²) in [5.74, 6) is 0.321. The molecular weight excluding hydrogens is 328 g/mol. The van der Waals surface area contributed by atoms with Crippen molar-refractivity contribution in [3.05, 3.63) is 48.2 Å². The van der Waals surface area contributed by atoms with Gasteiger partial charge in [0, 0.05) is 38.6 Å². The Hall–Kier alpha value is -2.96. The van der Waals surface area contributed by atoms with Gasteiger partial charge >= 0.3 is 0 Å². The van der Waals surface area contributed by atoms with Crippen LogP contribution in [0.1, 0.15) is 23.2 Å². The number of aryl methyl sites for hydroxylation is 1. The second-order valence-corrected chi connectivity index (χ2v) is 6.74. The van der Waals surface area contributed by atoms with Gasteiger partial charge in [-0.1, -0.05) is 23.4 Å². The van der Waals surface area contributed by atoms with Gasteiger partial charge in [0.25, 0.3) is 5.91 Å². The van der Waals surface area contributed by atoms with Crippen molar-refractivity contribution in [2.24, 2.45) is 13.0 Å². The molecule has 0 radical (unpaired) electrons. The molecule has 7 nitrogen and oxygen atoms in total. The topological polar surface area (TPSA) is 75.9 Å². The Morgan fingerprint density at radius 2 is 2.12 bits per heavy atom. The predicted molar refractivity (Wildman–Crippen MR) is 100 cm³/mol. The highest BCUT2D eigenvalue weighted by atomic mass is 16.1. The van der Waals surface area contributed by atoms with Gasteiger partial charge in [-0.05, 0) is 37.0 Å². The molecule has 1 unspecified atom stereocenters. The van der Waals surface area contributed by atoms with Gasteiger partial charge < -0.3 is 10.2 Å². The van der Waals surface area contributed by atoms with Crippen molar-refractivity contribution < 1.29 is 4.79 Å². The molecule has 0 saturated carbocycles. The van der Waals surface area contributed by atoms with Crippen LogP contribution in [0.5, 0.6) is 0 Å². The number of rotatable bonds is 4. The van der Waals surface area contributed by atoms with E-state index in [-0.39, 0.29) is 5.91 Å². The average Bonchev–Trinajstić information content (AvgIpc) is 3.08. The maximum absolute atomic E-state index is 12.6. The number of nitrogens with one attached hydrogen (secondary N) is 1. The van der Waals surface area contributed by atoms with Crippen molar-refractivity contribution in [2.75, 3.05) is 24.5 Å². The number of pyridine rings is 1. The van der Waals surface area contributed by atoms with Crippen molar-refractivity contribution in [1.82, 2.24) is 25.3 Å². The minimum absolute atomic E-state index is 0.116. The Morgan fingerprint density at radius 1 is 1.27 bits per heavy atom. The molecule has 1 fully saturated rings. The largest absolute Gasteiger partial charge is 0.371 e. The summed E-state index contributed by atoms with van der Waals surface area (Å²) < 4.78 is 1.57. The third-order valence-corrected chi connectivity index (χ3v) is 4.93. The van der Waals surface area contributed by atoms with E-state index in [0.29, 0.717) is 29.2 Å². The highest BCUT2D eigenvalue weighted by Gasteiger charge is 2.22. The molecule has 1 aliphatic rings. The molecule has 2 aromatic heterocycles. The van der Waals surface area contributed by atoms with Crippen LogP contribution in [0.4, 0.5) is 5.69 Å². The fraction of sp³-hybridized carbons (Fsp3) is 0.368. The number of amides is 1. The number of para-hydroxylation sites is 1. The number of anilines is 1. The monoisotopic (exact) mass is 350 g/mol. The summed E-state index contributed by atoms with van der Waals surface area (Å²) in [4.78, 5) is 19.3. The minimum atomic E-state index is -0.116. The lowest BCUT2D eigenvalue weighted by atomic mass is 9.97. The molecule has 134 valence electrons. The Kier molecular flexibility index (Phi) is 4.51. The third kappa shape index (κ3) is 3.24. The lowest BCUT2D eigenvalue weighted by Gasteiger charge is -2.34. The molecule has 7 heteroatoms. The summed E-state index contributed by atoms with van der Waals surface area (Å²) in [6.07, 6.45) is 3.89. The summed E-state index contributed by atoms with van der Waals surface area (Å²) in [7, 11) is 1.77. The van der Waals surface area contributed by atoms with Gasteiger partial charge in [-0.25, -0.2) is 9.67 Å². The molecule has 1 amide bonds. The van der Waals surface area contributed by atoms with Gasteiger partial charge in [-0.15, -0.1) is 5.10 Å². The zero-order chi connectivity index (χ0) is 17.9. The molecule has 3 aromatic rings. The van der Waals surface area contributed by atoms with Crippen molar-refractivity contribution in [2.45, 2.75) is 12.8 Å². The van der Waals surface area contributed by atoms with Gasteiger partial charge in [0.05, 0.1) is 5.56 Å². The van der Waals surface area contributed by atoms with Crippen molar-refractivity contribution in [3.8, 4) is 0 Å². The molecule has 1 N–H and O–H groups in total. The van der Waals surface area contributed by atoms with Gasteiger partial charge in [-0.2, -0.15) is 0 Å². The van der Waals surface area contributed by atoms with Crippen LogP contribution < -0.4 is 10.2 Å². The van der Waals surface area contributed by atoms with Crippen LogP contribution in [0.25, 0.3) is 11.2 Å². The molecule has 4 rings (SSSR count). The van der Waals surface area contributed by atoms with Gasteiger partial charge in [0.15, 0.2) is 5.65 Å². The molecule has 0 spiro atoms. The van der Waals surface area contributed by atoms with Crippen LogP contribution >= 0.6 is 0 Å². The molecule has 1 aliphatic heterocycles. The van der Waals surface area contributed by atoms with Crippen LogP contribution in [0.2, 0.25) is 0 Å². The smallest absolute Gasteiger partial charge is 0.253 e. The Labute approximate surface area is 152 Å². The van der Waals surface area contributed by atoms with Crippen LogP contribution in [-0.2, 0) is 7.05 Å². The van der Waals surface area contributed by atoms with Crippen molar-refractivity contribution >= 4 is 22.8 Å². The van der Waals surface area contributed by atoms with Gasteiger partial charge in [-0.3, -0.25) is 4.79 Å². The van der Waals surface area contributed by atoms with Crippen LogP contribution in [0, 0.1) is 5.92 Å². The Bertz CT molecular complexity index is 907. The maximum Gasteiger partial charge on any atom is 0.253 e. The van der Waals surface area contributed by atoms with Crippen LogP contribution in [0.3, 0.4) is 0 Å². The first-order chi connectivity index (χ1) is 12.7. The number of piperidine rings is 1. The average molecular weight is 350 g/mol. The second-order valence-electron chi connectivity index (χ2n) is 6.74. The van der Waals surface area contributed by atoms with E-state index in [4.69, 9.17) is 0 Å². The molecule has 26 heavy (non-hydrogen) atoms. The molecule has 0 bridgehead atoms. The first-order valence-electron chi connectivity index (χ1n) is 8.95. The number of fused-ring (bicyclic) bond motifs is 1. The predicted octanol–water partition coefficient (Wildman–Crippen LogP) is 2.01. The molecule has 0 aliphatic carbocycles. The minimum Gasteiger partial charge on any atom is -0.371 e. The highest BCUT2D eigenvalue weighted by Crippen LogP contribution is 2.22. The number of aromatic nitrogens is 4. The standard InChI is InChI=1S/C19H22N6O/c1-24-18-17(22-23-24)16(9-10-20-18)19(26)21-12-14-6-5-11-25(13-14)15-7-3-2-4-8-15/h2-4,7-10,14H,5-6,11-13H2,1H3,(H,21,26). The summed E-state index contributed by atoms with van der Waals surface area (Å²) in [5.41, 5.74) is 2.94. The number of nitrogens with zero attached hydrogens (tertiary/aromatic N) is 5. The molecular formula is C19H22N6O. The number of carbonyl (C=O) groups excluding carboxylic acids is 1. The van der Waals surface area contributed by atoms with Gasteiger partial charge in [0.1, 0.15) is 5.52 Å². The fourth-order valence-electron chi connectivity index (χ4n) is 3.55. The molecule has 1 aromatic carbocycles. The van der Waals surface area contributed by atoms with E-state index in [1.165, 1.54) is 5.69 Å². The summed E-state index contributed by atoms with van der Waals surface area (Å²) in [6.45, 7) is 2.69. The second kappa shape index (κ2) is 7.11. The first kappa shape index (κ1) is 16.5. The van der Waals surface area contributed by atoms with E-state index in [9.17, 15) is 4.79 Å². The number of benzene rings is 1. The van der Waals surface area contributed by atoms with E-state index in [0.717, 1.165) is 25.9 Å². The maximum atomic E-state index is 12.6. The Morgan fingerprint density at radius 3 is 2.96 bits per heavy atom. The van der Waals surface area contributed by atoms with Gasteiger partial charge in [0.2, 0.25) is 0 Å². The number of hydrogen-bond donors (Lipinski definition) is 1. The molecule has 1 atom stereocenters. The number of carbonyl (C=O) groups is 1. The zero-order valence-electron chi connectivity index (χ0n) is 14.8. The molecule has 1 saturated heterocycles. The summed E-state index contributed by atoms with van der Waals surface area (Å²) in [5, 5.41) is 11.1. The zero-order valence-corrected chi connectivity index (χ0v) is 14.8.